The van der Waals surface area contributed by atoms with Gasteiger partial charge in [-0.15, -0.1) is 0 Å². The Balaban J connectivity index is 2.23. The molecule has 1 aliphatic heterocycles. The second kappa shape index (κ2) is 6.81. The van der Waals surface area contributed by atoms with E-state index >= 15 is 0 Å². The smallest absolute Gasteiger partial charge is 0.0802 e. The molecular weight excluding hydrogens is 242 g/mol. The molecule has 0 aromatic rings. The van der Waals surface area contributed by atoms with Crippen LogP contribution in [0.25, 0.3) is 0 Å². The highest BCUT2D eigenvalue weighted by atomic mass is 79.9. The highest BCUT2D eigenvalue weighted by Crippen LogP contribution is 2.13. The van der Waals surface area contributed by atoms with Crippen LogP contribution in [0.1, 0.15) is 33.1 Å². The molecule has 0 aromatic carbocycles. The zero-order chi connectivity index (χ0) is 10.4. The lowest BCUT2D eigenvalue weighted by atomic mass is 10.2. The van der Waals surface area contributed by atoms with E-state index in [0.717, 1.165) is 18.4 Å². The Morgan fingerprint density at radius 3 is 2.79 bits per heavy atom. The van der Waals surface area contributed by atoms with Crippen molar-refractivity contribution >= 4 is 15.9 Å². The molecule has 84 valence electrons. The Kier molecular flexibility index (Phi) is 6.06. The third kappa shape index (κ3) is 4.28. The van der Waals surface area contributed by atoms with Crippen molar-refractivity contribution in [2.45, 2.75) is 45.3 Å². The first-order valence-corrected chi connectivity index (χ1v) is 6.82. The summed E-state index contributed by atoms with van der Waals surface area (Å²) >= 11 is 3.50. The summed E-state index contributed by atoms with van der Waals surface area (Å²) < 4.78 is 5.78. The summed E-state index contributed by atoms with van der Waals surface area (Å²) in [4.78, 5) is 2.54. The van der Waals surface area contributed by atoms with Crippen LogP contribution in [0.15, 0.2) is 0 Å². The van der Waals surface area contributed by atoms with E-state index < -0.39 is 0 Å². The van der Waals surface area contributed by atoms with E-state index in [1.807, 2.05) is 0 Å². The average molecular weight is 264 g/mol. The van der Waals surface area contributed by atoms with Crippen molar-refractivity contribution < 1.29 is 4.74 Å². The second-order valence-corrected chi connectivity index (χ2v) is 4.84. The number of morpholine rings is 1. The number of unbranched alkanes of at least 4 members (excludes halogenated alkanes) is 2. The summed E-state index contributed by atoms with van der Waals surface area (Å²) in [6.07, 6.45) is 4.78. The zero-order valence-corrected chi connectivity index (χ0v) is 10.9. The highest BCUT2D eigenvalue weighted by molar-refractivity contribution is 9.09. The molecule has 0 spiro atoms. The normalized spacial score (nSPS) is 29.4. The molecule has 1 aliphatic rings. The minimum absolute atomic E-state index is 0.389. The van der Waals surface area contributed by atoms with E-state index in [2.05, 4.69) is 34.7 Å². The van der Waals surface area contributed by atoms with Gasteiger partial charge in [-0.25, -0.2) is 0 Å². The highest BCUT2D eigenvalue weighted by Gasteiger charge is 2.23. The van der Waals surface area contributed by atoms with E-state index in [1.165, 1.54) is 25.8 Å². The van der Waals surface area contributed by atoms with E-state index in [-0.39, 0.29) is 0 Å². The molecule has 2 atom stereocenters. The van der Waals surface area contributed by atoms with Crippen molar-refractivity contribution in [1.82, 2.24) is 4.90 Å². The Labute approximate surface area is 96.1 Å². The summed E-state index contributed by atoms with van der Waals surface area (Å²) in [5.41, 5.74) is 0. The van der Waals surface area contributed by atoms with E-state index in [0.29, 0.717) is 12.2 Å². The number of halogens is 1. The SMILES string of the molecule is CCCCCN1CC(C)OC(CBr)C1. The van der Waals surface area contributed by atoms with Crippen LogP contribution >= 0.6 is 15.9 Å². The van der Waals surface area contributed by atoms with Gasteiger partial charge in [0.15, 0.2) is 0 Å². The molecule has 3 heteroatoms. The van der Waals surface area contributed by atoms with Crippen LogP contribution in [0.5, 0.6) is 0 Å². The van der Waals surface area contributed by atoms with Gasteiger partial charge in [-0.05, 0) is 19.9 Å². The minimum Gasteiger partial charge on any atom is -0.372 e. The number of hydrogen-bond donors (Lipinski definition) is 0. The average Bonchev–Trinajstić information content (AvgIpc) is 2.17. The molecule has 0 bridgehead atoms. The van der Waals surface area contributed by atoms with Crippen LogP contribution in [-0.4, -0.2) is 42.1 Å². The fraction of sp³-hybridized carbons (Fsp3) is 1.00. The summed E-state index contributed by atoms with van der Waals surface area (Å²) in [6, 6.07) is 0. The van der Waals surface area contributed by atoms with Gasteiger partial charge in [-0.3, -0.25) is 4.90 Å². The Bertz CT molecular complexity index is 154. The summed E-state index contributed by atoms with van der Waals surface area (Å²) in [5.74, 6) is 0. The second-order valence-electron chi connectivity index (χ2n) is 4.19. The van der Waals surface area contributed by atoms with Gasteiger partial charge in [0.25, 0.3) is 0 Å². The number of alkyl halides is 1. The summed E-state index contributed by atoms with van der Waals surface area (Å²) in [6.45, 7) is 7.86. The van der Waals surface area contributed by atoms with Crippen LogP contribution in [0.2, 0.25) is 0 Å². The quantitative estimate of drug-likeness (QED) is 0.559. The fourth-order valence-electron chi connectivity index (χ4n) is 1.99. The Morgan fingerprint density at radius 1 is 1.36 bits per heavy atom. The molecule has 1 heterocycles. The molecule has 0 amide bonds. The molecule has 14 heavy (non-hydrogen) atoms. The molecule has 0 N–H and O–H groups in total. The van der Waals surface area contributed by atoms with Crippen molar-refractivity contribution in [3.63, 3.8) is 0 Å². The summed E-state index contributed by atoms with van der Waals surface area (Å²) in [7, 11) is 0. The van der Waals surface area contributed by atoms with Crippen molar-refractivity contribution in [1.29, 1.82) is 0 Å². The third-order valence-electron chi connectivity index (χ3n) is 2.65. The maximum atomic E-state index is 5.78. The van der Waals surface area contributed by atoms with Crippen molar-refractivity contribution in [3.05, 3.63) is 0 Å². The fourth-order valence-corrected chi connectivity index (χ4v) is 2.35. The van der Waals surface area contributed by atoms with Gasteiger partial charge in [0, 0.05) is 18.4 Å². The Hall–Kier alpha value is 0.400. The topological polar surface area (TPSA) is 12.5 Å². The van der Waals surface area contributed by atoms with Gasteiger partial charge in [0.2, 0.25) is 0 Å². The molecule has 0 aromatic heterocycles. The van der Waals surface area contributed by atoms with Gasteiger partial charge in [0.1, 0.15) is 0 Å². The Morgan fingerprint density at radius 2 is 2.14 bits per heavy atom. The lowest BCUT2D eigenvalue weighted by Gasteiger charge is -2.36. The first-order valence-electron chi connectivity index (χ1n) is 5.70. The van der Waals surface area contributed by atoms with Crippen LogP contribution in [0, 0.1) is 0 Å². The van der Waals surface area contributed by atoms with Crippen molar-refractivity contribution in [3.8, 4) is 0 Å². The maximum Gasteiger partial charge on any atom is 0.0802 e. The van der Waals surface area contributed by atoms with Gasteiger partial charge >= 0.3 is 0 Å². The zero-order valence-electron chi connectivity index (χ0n) is 9.34. The molecule has 0 saturated carbocycles. The standard InChI is InChI=1S/C11H22BrNO/c1-3-4-5-6-13-8-10(2)14-11(7-12)9-13/h10-11H,3-9H2,1-2H3. The predicted molar refractivity (Wildman–Crippen MR) is 64.1 cm³/mol. The van der Waals surface area contributed by atoms with E-state index in [4.69, 9.17) is 4.74 Å². The van der Waals surface area contributed by atoms with Crippen molar-refractivity contribution in [2.24, 2.45) is 0 Å². The lowest BCUT2D eigenvalue weighted by Crippen LogP contribution is -2.47. The number of hydrogen-bond acceptors (Lipinski definition) is 2. The third-order valence-corrected chi connectivity index (χ3v) is 3.37. The van der Waals surface area contributed by atoms with Gasteiger partial charge in [-0.1, -0.05) is 35.7 Å². The van der Waals surface area contributed by atoms with Crippen LogP contribution < -0.4 is 0 Å². The molecule has 1 saturated heterocycles. The molecule has 0 aliphatic carbocycles. The molecule has 2 nitrogen and oxygen atoms in total. The minimum atomic E-state index is 0.389. The first-order chi connectivity index (χ1) is 6.76. The number of nitrogens with zero attached hydrogens (tertiary/aromatic N) is 1. The molecule has 2 unspecified atom stereocenters. The van der Waals surface area contributed by atoms with Crippen molar-refractivity contribution in [2.75, 3.05) is 25.0 Å². The molecule has 0 radical (unpaired) electrons. The molecule has 1 fully saturated rings. The predicted octanol–water partition coefficient (Wildman–Crippen LogP) is 2.66. The van der Waals surface area contributed by atoms with Crippen LogP contribution in [-0.2, 0) is 4.74 Å². The van der Waals surface area contributed by atoms with E-state index in [1.54, 1.807) is 0 Å². The molecule has 1 rings (SSSR count). The maximum absolute atomic E-state index is 5.78. The monoisotopic (exact) mass is 263 g/mol. The van der Waals surface area contributed by atoms with Gasteiger partial charge < -0.3 is 4.74 Å². The van der Waals surface area contributed by atoms with Crippen LogP contribution in [0.3, 0.4) is 0 Å². The van der Waals surface area contributed by atoms with Gasteiger partial charge in [0.05, 0.1) is 12.2 Å². The number of ether oxygens (including phenoxy) is 1. The van der Waals surface area contributed by atoms with Gasteiger partial charge in [-0.2, -0.15) is 0 Å². The summed E-state index contributed by atoms with van der Waals surface area (Å²) in [5, 5.41) is 0.960. The lowest BCUT2D eigenvalue weighted by molar-refractivity contribution is -0.0654. The molecular formula is C11H22BrNO. The van der Waals surface area contributed by atoms with Crippen LogP contribution in [0.4, 0.5) is 0 Å². The largest absolute Gasteiger partial charge is 0.372 e. The number of rotatable bonds is 5. The first kappa shape index (κ1) is 12.5. The van der Waals surface area contributed by atoms with E-state index in [9.17, 15) is 0 Å².